The Morgan fingerprint density at radius 3 is 0.677 bits per heavy atom. The molecule has 0 amide bonds. The number of rotatable bonds is 73. The molecule has 544 valence electrons. The Balaban J connectivity index is 3.54. The SMILES string of the molecule is CC/C=C\C/C=C\C/C=C\C/C=C\C/C=C\C/C=C\C/C=C\C/C=C\C/C=C\C/C=C\C/C=C\C/C=C\CCCCCCC(=O)OC(CO)COC(=O)CCCCCCCCCCCCCCCCCCCCCCCCCCCC/C=C\C/C=C\C/C=C\CCCCCCC. The zero-order valence-electron chi connectivity index (χ0n) is 62.6. The van der Waals surface area contributed by atoms with Crippen LogP contribution in [0.5, 0.6) is 0 Å². The Morgan fingerprint density at radius 2 is 0.448 bits per heavy atom. The Kier molecular flexibility index (Phi) is 79.8. The van der Waals surface area contributed by atoms with Crippen molar-refractivity contribution >= 4 is 11.9 Å². The van der Waals surface area contributed by atoms with Gasteiger partial charge in [0.2, 0.25) is 0 Å². The number of carbonyl (C=O) groups excluding carboxylic acids is 2. The molecule has 0 fully saturated rings. The first-order chi connectivity index (χ1) is 47.6. The number of aliphatic hydroxyl groups is 1. The van der Waals surface area contributed by atoms with Gasteiger partial charge in [0.1, 0.15) is 6.61 Å². The van der Waals surface area contributed by atoms with Gasteiger partial charge in [0.25, 0.3) is 0 Å². The summed E-state index contributed by atoms with van der Waals surface area (Å²) in [6.45, 7) is 4.01. The van der Waals surface area contributed by atoms with Crippen LogP contribution in [0.4, 0.5) is 0 Å². The molecule has 0 aromatic heterocycles. The number of esters is 2. The maximum Gasteiger partial charge on any atom is 0.306 e. The van der Waals surface area contributed by atoms with Gasteiger partial charge < -0.3 is 14.6 Å². The number of aliphatic hydroxyl groups excluding tert-OH is 1. The lowest BCUT2D eigenvalue weighted by atomic mass is 10.0. The number of hydrogen-bond donors (Lipinski definition) is 1. The second kappa shape index (κ2) is 84.2. The van der Waals surface area contributed by atoms with Gasteiger partial charge in [0.05, 0.1) is 6.61 Å². The van der Waals surface area contributed by atoms with Crippen LogP contribution < -0.4 is 0 Å². The van der Waals surface area contributed by atoms with Crippen molar-refractivity contribution in [1.82, 2.24) is 0 Å². The summed E-state index contributed by atoms with van der Waals surface area (Å²) in [7, 11) is 0. The zero-order valence-corrected chi connectivity index (χ0v) is 62.6. The monoisotopic (exact) mass is 1320 g/mol. The largest absolute Gasteiger partial charge is 0.462 e. The molecule has 0 saturated carbocycles. The average Bonchev–Trinajstić information content (AvgIpc) is 3.79. The highest BCUT2D eigenvalue weighted by Crippen LogP contribution is 2.18. The van der Waals surface area contributed by atoms with Crippen molar-refractivity contribution in [3.63, 3.8) is 0 Å². The fraction of sp³-hybridized carbons (Fsp3) is 0.648. The molecule has 0 spiro atoms. The minimum Gasteiger partial charge on any atom is -0.462 e. The minimum atomic E-state index is -0.799. The zero-order chi connectivity index (χ0) is 69.0. The molecule has 0 bridgehead atoms. The minimum absolute atomic E-state index is 0.0833. The smallest absolute Gasteiger partial charge is 0.306 e. The van der Waals surface area contributed by atoms with E-state index in [2.05, 4.69) is 196 Å². The van der Waals surface area contributed by atoms with Crippen molar-refractivity contribution in [2.24, 2.45) is 0 Å². The van der Waals surface area contributed by atoms with Crippen molar-refractivity contribution in [1.29, 1.82) is 0 Å². The van der Waals surface area contributed by atoms with Crippen molar-refractivity contribution in [3.8, 4) is 0 Å². The van der Waals surface area contributed by atoms with Crippen LogP contribution in [-0.2, 0) is 19.1 Å². The number of allylic oxidation sites excluding steroid dienone is 30. The van der Waals surface area contributed by atoms with Crippen molar-refractivity contribution in [2.75, 3.05) is 13.2 Å². The first-order valence-electron chi connectivity index (χ1n) is 40.3. The summed E-state index contributed by atoms with van der Waals surface area (Å²) in [5.74, 6) is -0.618. The normalized spacial score (nSPS) is 13.2. The molecule has 1 N–H and O–H groups in total. The van der Waals surface area contributed by atoms with Crippen LogP contribution in [0.25, 0.3) is 0 Å². The lowest BCUT2D eigenvalue weighted by Gasteiger charge is -2.15. The summed E-state index contributed by atoms with van der Waals surface area (Å²) in [5.41, 5.74) is 0. The topological polar surface area (TPSA) is 72.8 Å². The van der Waals surface area contributed by atoms with Gasteiger partial charge in [-0.15, -0.1) is 0 Å². The Hall–Kier alpha value is -5.00. The molecule has 0 aliphatic carbocycles. The van der Waals surface area contributed by atoms with E-state index >= 15 is 0 Å². The van der Waals surface area contributed by atoms with E-state index in [1.54, 1.807) is 0 Å². The molecule has 96 heavy (non-hydrogen) atoms. The summed E-state index contributed by atoms with van der Waals surface area (Å²) in [6.07, 6.45) is 131. The van der Waals surface area contributed by atoms with E-state index < -0.39 is 6.10 Å². The molecule has 0 heterocycles. The summed E-state index contributed by atoms with van der Waals surface area (Å²) in [5, 5.41) is 9.72. The molecule has 0 aromatic rings. The number of unbranched alkanes of at least 4 members (excludes halogenated alkanes) is 35. The predicted octanol–water partition coefficient (Wildman–Crippen LogP) is 28.9. The van der Waals surface area contributed by atoms with Gasteiger partial charge in [-0.25, -0.2) is 0 Å². The average molecular weight is 1320 g/mol. The van der Waals surface area contributed by atoms with Gasteiger partial charge in [-0.3, -0.25) is 9.59 Å². The molecule has 0 aliphatic rings. The van der Waals surface area contributed by atoms with Crippen LogP contribution in [-0.4, -0.2) is 36.4 Å². The molecule has 5 heteroatoms. The molecule has 0 aliphatic heterocycles. The van der Waals surface area contributed by atoms with E-state index in [1.807, 2.05) is 0 Å². The Labute approximate surface area is 595 Å². The first-order valence-corrected chi connectivity index (χ1v) is 40.3. The molecule has 0 saturated heterocycles. The van der Waals surface area contributed by atoms with E-state index in [-0.39, 0.29) is 25.2 Å². The van der Waals surface area contributed by atoms with Gasteiger partial charge in [0.15, 0.2) is 6.10 Å². The molecule has 0 radical (unpaired) electrons. The summed E-state index contributed by atoms with van der Waals surface area (Å²) in [4.78, 5) is 24.7. The number of carbonyl (C=O) groups is 2. The maximum absolute atomic E-state index is 12.4. The van der Waals surface area contributed by atoms with E-state index in [1.165, 1.54) is 193 Å². The van der Waals surface area contributed by atoms with Gasteiger partial charge in [-0.2, -0.15) is 0 Å². The van der Waals surface area contributed by atoms with Gasteiger partial charge in [-0.1, -0.05) is 389 Å². The fourth-order valence-electron chi connectivity index (χ4n) is 11.2. The second-order valence-electron chi connectivity index (χ2n) is 26.4. The lowest BCUT2D eigenvalue weighted by molar-refractivity contribution is -0.161. The summed E-state index contributed by atoms with van der Waals surface area (Å²) < 4.78 is 10.8. The van der Waals surface area contributed by atoms with Crippen LogP contribution in [0.3, 0.4) is 0 Å². The lowest BCUT2D eigenvalue weighted by Crippen LogP contribution is -2.28. The molecule has 0 aromatic carbocycles. The van der Waals surface area contributed by atoms with E-state index in [0.717, 1.165) is 141 Å². The number of ether oxygens (including phenoxy) is 2. The van der Waals surface area contributed by atoms with E-state index in [0.29, 0.717) is 12.8 Å². The third-order valence-electron chi connectivity index (χ3n) is 17.2. The van der Waals surface area contributed by atoms with Crippen molar-refractivity contribution < 1.29 is 24.2 Å². The highest BCUT2D eigenvalue weighted by atomic mass is 16.6. The van der Waals surface area contributed by atoms with Crippen LogP contribution in [0.2, 0.25) is 0 Å². The molecular formula is C91H150O5. The first kappa shape index (κ1) is 91.0. The van der Waals surface area contributed by atoms with Gasteiger partial charge >= 0.3 is 11.9 Å². The van der Waals surface area contributed by atoms with Gasteiger partial charge in [0, 0.05) is 12.8 Å². The summed E-state index contributed by atoms with van der Waals surface area (Å²) >= 11 is 0. The maximum atomic E-state index is 12.4. The molecule has 1 unspecified atom stereocenters. The number of hydrogen-bond acceptors (Lipinski definition) is 5. The highest BCUT2D eigenvalue weighted by Gasteiger charge is 2.16. The molecular weight excluding hydrogens is 1170 g/mol. The quantitative estimate of drug-likeness (QED) is 0.0373. The Morgan fingerprint density at radius 1 is 0.250 bits per heavy atom. The van der Waals surface area contributed by atoms with Crippen molar-refractivity contribution in [2.45, 2.75) is 367 Å². The molecule has 0 rings (SSSR count). The summed E-state index contributed by atoms with van der Waals surface area (Å²) in [6, 6.07) is 0. The predicted molar refractivity (Wildman–Crippen MR) is 426 cm³/mol. The standard InChI is InChI=1S/C91H150O5/c1-3-5-7-9-11-13-15-17-19-21-23-25-27-29-31-33-35-37-39-41-43-45-47-49-51-53-55-57-59-61-63-65-67-69-71-73-75-77-79-81-83-85-90(93)95-88-89(87-92)96-91(94)86-84-82-80-78-76-74-72-70-68-66-64-62-60-58-56-54-52-50-48-46-44-42-40-38-36-34-32-30-28-26-24-22-20-18-16-14-12-10-8-6-4-2/h6,8,12,14-15,17-18,20-21,23-24,26-27,29-30,32,36,38,42,44,48,50,54,56,60,62,66,68,72,74,89,92H,3-5,7,9-11,13,16,19,22,25,28,31,33-35,37,39-41,43,45-47,49,51-53,55,57-59,61,63-65,67,69-71,73,75-88H2,1-2H3/b8-6-,14-12-,17-15-,20-18-,23-21-,26-24-,29-27-,32-30-,38-36-,44-42-,50-48-,56-54-,62-60-,68-66-,74-72-. The Bertz CT molecular complexity index is 2090. The third kappa shape index (κ3) is 81.4. The van der Waals surface area contributed by atoms with E-state index in [9.17, 15) is 14.7 Å². The van der Waals surface area contributed by atoms with Gasteiger partial charge in [-0.05, 0) is 141 Å². The highest BCUT2D eigenvalue weighted by molar-refractivity contribution is 5.70. The third-order valence-corrected chi connectivity index (χ3v) is 17.2. The van der Waals surface area contributed by atoms with E-state index in [4.69, 9.17) is 9.47 Å². The second-order valence-corrected chi connectivity index (χ2v) is 26.4. The van der Waals surface area contributed by atoms with Crippen LogP contribution >= 0.6 is 0 Å². The van der Waals surface area contributed by atoms with Crippen molar-refractivity contribution in [3.05, 3.63) is 182 Å². The van der Waals surface area contributed by atoms with Crippen LogP contribution in [0.15, 0.2) is 182 Å². The molecule has 1 atom stereocenters. The van der Waals surface area contributed by atoms with Crippen LogP contribution in [0, 0.1) is 0 Å². The fourth-order valence-corrected chi connectivity index (χ4v) is 11.2. The van der Waals surface area contributed by atoms with Crippen LogP contribution in [0.1, 0.15) is 361 Å². The molecule has 5 nitrogen and oxygen atoms in total.